The van der Waals surface area contributed by atoms with E-state index in [1.54, 1.807) is 38.1 Å². The zero-order valence-electron chi connectivity index (χ0n) is 26.0. The molecular formula is C36H39N5O4. The molecule has 9 heteroatoms. The van der Waals surface area contributed by atoms with E-state index in [4.69, 9.17) is 15.0 Å². The minimum absolute atomic E-state index is 0.0165. The molecule has 2 heterocycles. The number of nitrogens with zero attached hydrogens (tertiary/aromatic N) is 4. The number of hydrogen-bond donors (Lipinski definition) is 1. The van der Waals surface area contributed by atoms with Gasteiger partial charge in [-0.2, -0.15) is 0 Å². The summed E-state index contributed by atoms with van der Waals surface area (Å²) in [6.45, 7) is 6.51. The van der Waals surface area contributed by atoms with Gasteiger partial charge in [0.05, 0.1) is 30.8 Å². The number of rotatable bonds is 10. The molecule has 0 bridgehead atoms. The van der Waals surface area contributed by atoms with Gasteiger partial charge in [0.25, 0.3) is 0 Å². The molecule has 1 fully saturated rings. The summed E-state index contributed by atoms with van der Waals surface area (Å²) < 4.78 is 10.9. The Kier molecular flexibility index (Phi) is 10.0. The number of azide groups is 1. The van der Waals surface area contributed by atoms with Crippen LogP contribution in [-0.2, 0) is 24.5 Å². The van der Waals surface area contributed by atoms with Crippen LogP contribution in [0.4, 0.5) is 5.69 Å². The zero-order valence-corrected chi connectivity index (χ0v) is 26.0. The minimum atomic E-state index is -0.744. The van der Waals surface area contributed by atoms with Crippen molar-refractivity contribution in [3.63, 3.8) is 0 Å². The lowest BCUT2D eigenvalue weighted by atomic mass is 9.68. The van der Waals surface area contributed by atoms with E-state index in [2.05, 4.69) is 80.9 Å². The summed E-state index contributed by atoms with van der Waals surface area (Å²) >= 11 is 0. The lowest BCUT2D eigenvalue weighted by Crippen LogP contribution is -2.43. The lowest BCUT2D eigenvalue weighted by molar-refractivity contribution is -0.139. The normalized spacial score (nSPS) is 18.1. The number of nitrogens with one attached hydrogen (secondary N) is 1. The molecule has 2 aliphatic heterocycles. The fraction of sp³-hybridized carbons (Fsp3) is 0.333. The van der Waals surface area contributed by atoms with Crippen molar-refractivity contribution in [2.45, 2.75) is 44.4 Å². The average molecular weight is 606 g/mol. The Hall–Kier alpha value is -4.85. The summed E-state index contributed by atoms with van der Waals surface area (Å²) in [7, 11) is 1.31. The summed E-state index contributed by atoms with van der Waals surface area (Å²) in [6, 6.07) is 28.4. The van der Waals surface area contributed by atoms with Gasteiger partial charge in [0.2, 0.25) is 0 Å². The maximum atomic E-state index is 13.6. The van der Waals surface area contributed by atoms with Crippen LogP contribution in [0.15, 0.2) is 113 Å². The molecule has 5 rings (SSSR count). The molecule has 2 aliphatic rings. The monoisotopic (exact) mass is 605 g/mol. The first-order chi connectivity index (χ1) is 21.9. The number of piperidine rings is 1. The molecule has 0 spiro atoms. The van der Waals surface area contributed by atoms with E-state index in [1.807, 2.05) is 0 Å². The van der Waals surface area contributed by atoms with Gasteiger partial charge in [0.15, 0.2) is 0 Å². The average Bonchev–Trinajstić information content (AvgIpc) is 3.07. The van der Waals surface area contributed by atoms with E-state index in [9.17, 15) is 9.59 Å². The van der Waals surface area contributed by atoms with E-state index in [1.165, 1.54) is 18.2 Å². The number of likely N-dealkylation sites (tertiary alicyclic amines) is 1. The van der Waals surface area contributed by atoms with Gasteiger partial charge in [-0.3, -0.25) is 0 Å². The highest BCUT2D eigenvalue weighted by Crippen LogP contribution is 2.42. The van der Waals surface area contributed by atoms with Crippen molar-refractivity contribution in [2.24, 2.45) is 5.11 Å². The summed E-state index contributed by atoms with van der Waals surface area (Å²) in [5.74, 6) is -1.80. The van der Waals surface area contributed by atoms with Crippen LogP contribution < -0.4 is 5.32 Å². The van der Waals surface area contributed by atoms with Gasteiger partial charge in [-0.05, 0) is 74.5 Å². The van der Waals surface area contributed by atoms with Gasteiger partial charge >= 0.3 is 11.9 Å². The molecule has 3 aromatic rings. The molecule has 0 radical (unpaired) electrons. The molecule has 45 heavy (non-hydrogen) atoms. The Morgan fingerprint density at radius 1 is 0.911 bits per heavy atom. The first-order valence-electron chi connectivity index (χ1n) is 15.3. The molecule has 9 nitrogen and oxygen atoms in total. The second-order valence-corrected chi connectivity index (χ2v) is 11.6. The van der Waals surface area contributed by atoms with Gasteiger partial charge in [0.1, 0.15) is 0 Å². The highest BCUT2D eigenvalue weighted by Gasteiger charge is 2.39. The Balaban J connectivity index is 1.25. The van der Waals surface area contributed by atoms with Crippen molar-refractivity contribution in [3.8, 4) is 0 Å². The van der Waals surface area contributed by atoms with Crippen LogP contribution >= 0.6 is 0 Å². The molecule has 0 aromatic heterocycles. The number of dihydropyridines is 1. The number of esters is 2. The van der Waals surface area contributed by atoms with E-state index in [0.29, 0.717) is 40.2 Å². The van der Waals surface area contributed by atoms with Crippen molar-refractivity contribution in [1.82, 2.24) is 10.2 Å². The van der Waals surface area contributed by atoms with Crippen LogP contribution in [0.1, 0.15) is 55.7 Å². The highest BCUT2D eigenvalue weighted by molar-refractivity contribution is 5.99. The van der Waals surface area contributed by atoms with E-state index in [-0.39, 0.29) is 12.0 Å². The number of ether oxygens (including phenoxy) is 2. The van der Waals surface area contributed by atoms with Crippen molar-refractivity contribution in [2.75, 3.05) is 33.4 Å². The van der Waals surface area contributed by atoms with Gasteiger partial charge in [-0.1, -0.05) is 84.0 Å². The molecule has 0 unspecified atom stereocenters. The molecule has 1 N–H and O–H groups in total. The van der Waals surface area contributed by atoms with Crippen LogP contribution in [0.25, 0.3) is 10.4 Å². The van der Waals surface area contributed by atoms with E-state index < -0.39 is 17.9 Å². The number of allylic oxidation sites excluding steroid dienone is 2. The number of methoxy groups -OCH3 is 1. The van der Waals surface area contributed by atoms with Gasteiger partial charge < -0.3 is 19.7 Å². The number of carbonyl (C=O) groups excluding carboxylic acids is 2. The summed E-state index contributed by atoms with van der Waals surface area (Å²) in [6.07, 6.45) is 2.71. The lowest BCUT2D eigenvalue weighted by Gasteiger charge is -2.43. The van der Waals surface area contributed by atoms with Crippen LogP contribution in [0, 0.1) is 0 Å². The second-order valence-electron chi connectivity index (χ2n) is 11.6. The quantitative estimate of drug-likeness (QED) is 0.0870. The van der Waals surface area contributed by atoms with Crippen LogP contribution in [-0.4, -0.2) is 50.2 Å². The molecule has 232 valence electrons. The van der Waals surface area contributed by atoms with E-state index >= 15 is 0 Å². The van der Waals surface area contributed by atoms with Gasteiger partial charge in [-0.15, -0.1) is 0 Å². The standard InChI is InChI=1S/C36H39N5O4/c1-25-31(34(42)44-3)33(27-12-10-17-30(24-27)39-40-37)32(26(2)38-25)35(43)45-23-11-20-41-21-18-36(19-22-41,28-13-6-4-7-14-28)29-15-8-5-9-16-29/h4-10,12-17,24,33,38H,11,18-23H2,1-3H3/t33-/m1/s1. The van der Waals surface area contributed by atoms with Crippen molar-refractivity contribution >= 4 is 17.6 Å². The topological polar surface area (TPSA) is 117 Å². The predicted octanol–water partition coefficient (Wildman–Crippen LogP) is 7.05. The maximum Gasteiger partial charge on any atom is 0.336 e. The Morgan fingerprint density at radius 3 is 2.09 bits per heavy atom. The molecule has 3 aromatic carbocycles. The Labute approximate surface area is 264 Å². The molecule has 0 amide bonds. The van der Waals surface area contributed by atoms with Gasteiger partial charge in [-0.25, -0.2) is 9.59 Å². The molecule has 1 saturated heterocycles. The predicted molar refractivity (Wildman–Crippen MR) is 173 cm³/mol. The van der Waals surface area contributed by atoms with Gasteiger partial charge in [0, 0.05) is 34.0 Å². The minimum Gasteiger partial charge on any atom is -0.466 e. The largest absolute Gasteiger partial charge is 0.466 e. The second kappa shape index (κ2) is 14.3. The fourth-order valence-corrected chi connectivity index (χ4v) is 6.74. The third kappa shape index (κ3) is 6.80. The van der Waals surface area contributed by atoms with Crippen LogP contribution in [0.5, 0.6) is 0 Å². The number of carbonyl (C=O) groups is 2. The third-order valence-corrected chi connectivity index (χ3v) is 8.96. The third-order valence-electron chi connectivity index (χ3n) is 8.96. The fourth-order valence-electron chi connectivity index (χ4n) is 6.74. The Morgan fingerprint density at radius 2 is 1.51 bits per heavy atom. The van der Waals surface area contributed by atoms with Crippen molar-refractivity contribution in [3.05, 3.63) is 135 Å². The van der Waals surface area contributed by atoms with Crippen molar-refractivity contribution in [1.29, 1.82) is 0 Å². The number of hydrogen-bond acceptors (Lipinski definition) is 7. The smallest absolute Gasteiger partial charge is 0.336 e. The maximum absolute atomic E-state index is 13.6. The molecule has 1 atom stereocenters. The first-order valence-corrected chi connectivity index (χ1v) is 15.3. The van der Waals surface area contributed by atoms with E-state index in [0.717, 1.165) is 32.5 Å². The summed E-state index contributed by atoms with van der Waals surface area (Å²) in [4.78, 5) is 31.9. The van der Waals surface area contributed by atoms with Crippen LogP contribution in [0.2, 0.25) is 0 Å². The summed E-state index contributed by atoms with van der Waals surface area (Å²) in [5, 5.41) is 6.86. The first kappa shape index (κ1) is 31.6. The zero-order chi connectivity index (χ0) is 31.8. The SMILES string of the molecule is COC(=O)C1=C(C)NC(C)=C(C(=O)OCCCN2CCC(c3ccccc3)(c3ccccc3)CC2)[C@@H]1c1cccc(N=[N+]=[N-])c1. The Bertz CT molecular complexity index is 1590. The summed E-state index contributed by atoms with van der Waals surface area (Å²) in [5.41, 5.74) is 14.5. The van der Waals surface area contributed by atoms with Crippen LogP contribution in [0.3, 0.4) is 0 Å². The number of benzene rings is 3. The highest BCUT2D eigenvalue weighted by atomic mass is 16.5. The molecule has 0 saturated carbocycles. The van der Waals surface area contributed by atoms with Crippen molar-refractivity contribution < 1.29 is 19.1 Å². The molecule has 0 aliphatic carbocycles. The molecular weight excluding hydrogens is 566 g/mol.